The number of piperidine rings is 1. The molecular weight excluding hydrogens is 390 g/mol. The summed E-state index contributed by atoms with van der Waals surface area (Å²) in [4.78, 5) is 15.4. The first-order chi connectivity index (χ1) is 15.1. The summed E-state index contributed by atoms with van der Waals surface area (Å²) < 4.78 is 11.1. The zero-order valence-electron chi connectivity index (χ0n) is 18.5. The number of amides is 1. The van der Waals surface area contributed by atoms with Crippen LogP contribution in [0, 0.1) is 5.92 Å². The average Bonchev–Trinajstić information content (AvgIpc) is 2.81. The first kappa shape index (κ1) is 21.7. The molecule has 5 heteroatoms. The van der Waals surface area contributed by atoms with Crippen molar-refractivity contribution in [1.29, 1.82) is 0 Å². The van der Waals surface area contributed by atoms with Crippen LogP contribution in [-0.2, 0) is 11.2 Å². The molecule has 2 aromatic rings. The van der Waals surface area contributed by atoms with E-state index in [0.717, 1.165) is 43.4 Å². The molecule has 1 amide bonds. The Morgan fingerprint density at radius 2 is 1.90 bits per heavy atom. The third kappa shape index (κ3) is 4.42. The van der Waals surface area contributed by atoms with E-state index in [1.54, 1.807) is 14.2 Å². The number of ether oxygens (including phenoxy) is 2. The zero-order valence-corrected chi connectivity index (χ0v) is 18.5. The molecule has 3 atom stereocenters. The first-order valence-electron chi connectivity index (χ1n) is 11.3. The van der Waals surface area contributed by atoms with Gasteiger partial charge in [0.25, 0.3) is 0 Å². The van der Waals surface area contributed by atoms with E-state index in [1.165, 1.54) is 5.56 Å². The zero-order chi connectivity index (χ0) is 21.8. The number of aliphatic hydroxyl groups is 1. The van der Waals surface area contributed by atoms with Gasteiger partial charge in [-0.05, 0) is 43.4 Å². The second-order valence-electron chi connectivity index (χ2n) is 8.83. The highest BCUT2D eigenvalue weighted by molar-refractivity contribution is 5.77. The van der Waals surface area contributed by atoms with E-state index in [0.29, 0.717) is 25.1 Å². The van der Waals surface area contributed by atoms with Crippen molar-refractivity contribution in [3.05, 3.63) is 59.7 Å². The topological polar surface area (TPSA) is 59.0 Å². The third-order valence-corrected chi connectivity index (χ3v) is 7.12. The van der Waals surface area contributed by atoms with Crippen molar-refractivity contribution in [2.45, 2.75) is 56.6 Å². The highest BCUT2D eigenvalue weighted by atomic mass is 16.5. The lowest BCUT2D eigenvalue weighted by Gasteiger charge is -2.52. The number of likely N-dealkylation sites (tertiary alicyclic amines) is 1. The monoisotopic (exact) mass is 423 g/mol. The van der Waals surface area contributed by atoms with Crippen LogP contribution in [0.1, 0.15) is 55.7 Å². The number of fused-ring (bicyclic) bond motifs is 1. The van der Waals surface area contributed by atoms with Gasteiger partial charge in [-0.2, -0.15) is 0 Å². The van der Waals surface area contributed by atoms with Crippen LogP contribution in [0.25, 0.3) is 0 Å². The molecule has 1 saturated carbocycles. The number of rotatable bonds is 6. The summed E-state index contributed by atoms with van der Waals surface area (Å²) >= 11 is 0. The van der Waals surface area contributed by atoms with Crippen molar-refractivity contribution in [1.82, 2.24) is 4.90 Å². The van der Waals surface area contributed by atoms with Gasteiger partial charge in [-0.1, -0.05) is 43.2 Å². The van der Waals surface area contributed by atoms with Crippen molar-refractivity contribution in [2.24, 2.45) is 5.92 Å². The number of hydrogen-bond donors (Lipinski definition) is 1. The van der Waals surface area contributed by atoms with Gasteiger partial charge in [0, 0.05) is 30.5 Å². The van der Waals surface area contributed by atoms with Gasteiger partial charge in [-0.15, -0.1) is 0 Å². The molecule has 4 rings (SSSR count). The van der Waals surface area contributed by atoms with E-state index in [9.17, 15) is 9.90 Å². The molecule has 1 aliphatic heterocycles. The molecular formula is C26H33NO4. The molecule has 0 radical (unpaired) electrons. The fourth-order valence-corrected chi connectivity index (χ4v) is 5.45. The van der Waals surface area contributed by atoms with E-state index in [-0.39, 0.29) is 17.9 Å². The van der Waals surface area contributed by atoms with Gasteiger partial charge in [0.15, 0.2) is 0 Å². The van der Waals surface area contributed by atoms with Gasteiger partial charge < -0.3 is 19.5 Å². The second kappa shape index (κ2) is 9.31. The van der Waals surface area contributed by atoms with Crippen LogP contribution in [0.5, 0.6) is 11.5 Å². The molecule has 166 valence electrons. The molecule has 1 heterocycles. The Bertz CT molecular complexity index is 900. The third-order valence-electron chi connectivity index (χ3n) is 7.12. The van der Waals surface area contributed by atoms with Gasteiger partial charge in [0.05, 0.1) is 25.9 Å². The Hall–Kier alpha value is -2.53. The van der Waals surface area contributed by atoms with Crippen LogP contribution in [-0.4, -0.2) is 42.3 Å². The van der Waals surface area contributed by atoms with E-state index >= 15 is 0 Å². The largest absolute Gasteiger partial charge is 0.497 e. The smallest absolute Gasteiger partial charge is 0.223 e. The van der Waals surface area contributed by atoms with E-state index in [2.05, 4.69) is 12.1 Å². The van der Waals surface area contributed by atoms with Crippen molar-refractivity contribution < 1.29 is 19.4 Å². The molecule has 0 bridgehead atoms. The van der Waals surface area contributed by atoms with Gasteiger partial charge in [-0.3, -0.25) is 4.79 Å². The SMILES string of the molecule is COc1ccc([C@H]2[C@H]3CCCC[C@]3(O)CCN2C(=O)CCc2ccccc2)c(OC)c1. The maximum atomic E-state index is 13.4. The fourth-order valence-electron chi connectivity index (χ4n) is 5.45. The summed E-state index contributed by atoms with van der Waals surface area (Å²) in [5.41, 5.74) is 1.41. The number of hydrogen-bond acceptors (Lipinski definition) is 4. The quantitative estimate of drug-likeness (QED) is 0.742. The predicted octanol–water partition coefficient (Wildman–Crippen LogP) is 4.53. The normalized spacial score (nSPS) is 25.6. The van der Waals surface area contributed by atoms with Gasteiger partial charge in [-0.25, -0.2) is 0 Å². The standard InChI is InChI=1S/C26H33NO4/c1-30-20-12-13-21(23(18-20)31-2)25-22-10-6-7-15-26(22,29)16-17-27(25)24(28)14-11-19-8-4-3-5-9-19/h3-5,8-9,12-13,18,22,25,29H,6-7,10-11,14-17H2,1-2H3/t22-,25+,26+/m1/s1. The van der Waals surface area contributed by atoms with Gasteiger partial charge in [0.1, 0.15) is 11.5 Å². The Morgan fingerprint density at radius 3 is 2.65 bits per heavy atom. The highest BCUT2D eigenvalue weighted by Crippen LogP contribution is 2.51. The lowest BCUT2D eigenvalue weighted by molar-refractivity contribution is -0.155. The van der Waals surface area contributed by atoms with Crippen molar-refractivity contribution in [3.63, 3.8) is 0 Å². The summed E-state index contributed by atoms with van der Waals surface area (Å²) in [7, 11) is 3.28. The minimum Gasteiger partial charge on any atom is -0.497 e. The lowest BCUT2D eigenvalue weighted by atomic mass is 9.66. The molecule has 31 heavy (non-hydrogen) atoms. The Balaban J connectivity index is 1.66. The van der Waals surface area contributed by atoms with Crippen molar-refractivity contribution >= 4 is 5.91 Å². The number of carbonyl (C=O) groups is 1. The van der Waals surface area contributed by atoms with E-state index in [1.807, 2.05) is 41.3 Å². The molecule has 5 nitrogen and oxygen atoms in total. The summed E-state index contributed by atoms with van der Waals surface area (Å²) in [6.07, 6.45) is 5.67. The maximum Gasteiger partial charge on any atom is 0.223 e. The minimum absolute atomic E-state index is 0.0120. The number of nitrogens with zero attached hydrogens (tertiary/aromatic N) is 1. The van der Waals surface area contributed by atoms with E-state index < -0.39 is 5.60 Å². The maximum absolute atomic E-state index is 13.4. The molecule has 1 aliphatic carbocycles. The Morgan fingerprint density at radius 1 is 1.10 bits per heavy atom. The Kier molecular flexibility index (Phi) is 6.51. The van der Waals surface area contributed by atoms with Gasteiger partial charge >= 0.3 is 0 Å². The molecule has 1 N–H and O–H groups in total. The van der Waals surface area contributed by atoms with Gasteiger partial charge in [0.2, 0.25) is 5.91 Å². The van der Waals surface area contributed by atoms with Crippen LogP contribution >= 0.6 is 0 Å². The summed E-state index contributed by atoms with van der Waals surface area (Å²) in [6, 6.07) is 15.7. The van der Waals surface area contributed by atoms with Crippen LogP contribution in [0.4, 0.5) is 0 Å². The predicted molar refractivity (Wildman–Crippen MR) is 120 cm³/mol. The van der Waals surface area contributed by atoms with E-state index in [4.69, 9.17) is 9.47 Å². The second-order valence-corrected chi connectivity index (χ2v) is 8.83. The van der Waals surface area contributed by atoms with Crippen LogP contribution in [0.2, 0.25) is 0 Å². The minimum atomic E-state index is -0.718. The van der Waals surface area contributed by atoms with Crippen LogP contribution in [0.15, 0.2) is 48.5 Å². The number of aryl methyl sites for hydroxylation is 1. The first-order valence-corrected chi connectivity index (χ1v) is 11.3. The molecule has 1 saturated heterocycles. The molecule has 2 aromatic carbocycles. The fraction of sp³-hybridized carbons (Fsp3) is 0.500. The molecule has 0 spiro atoms. The highest BCUT2D eigenvalue weighted by Gasteiger charge is 2.50. The molecule has 0 aromatic heterocycles. The summed E-state index contributed by atoms with van der Waals surface area (Å²) in [5.74, 6) is 1.58. The molecule has 0 unspecified atom stereocenters. The Labute approximate surface area is 185 Å². The van der Waals surface area contributed by atoms with Crippen molar-refractivity contribution in [2.75, 3.05) is 20.8 Å². The molecule has 2 aliphatic rings. The number of methoxy groups -OCH3 is 2. The number of benzene rings is 2. The number of carbonyl (C=O) groups excluding carboxylic acids is 1. The summed E-state index contributed by atoms with van der Waals surface area (Å²) in [5, 5.41) is 11.5. The van der Waals surface area contributed by atoms with Crippen LogP contribution in [0.3, 0.4) is 0 Å². The van der Waals surface area contributed by atoms with Crippen molar-refractivity contribution in [3.8, 4) is 11.5 Å². The molecule has 2 fully saturated rings. The van der Waals surface area contributed by atoms with Crippen LogP contribution < -0.4 is 9.47 Å². The lowest BCUT2D eigenvalue weighted by Crippen LogP contribution is -2.56. The summed E-state index contributed by atoms with van der Waals surface area (Å²) in [6.45, 7) is 0.570. The average molecular weight is 424 g/mol.